The summed E-state index contributed by atoms with van der Waals surface area (Å²) in [5.74, 6) is 0.624. The fraction of sp³-hybridized carbons (Fsp3) is 0.636. The van der Waals surface area contributed by atoms with Crippen molar-refractivity contribution in [2.75, 3.05) is 6.54 Å². The first-order valence-corrected chi connectivity index (χ1v) is 4.79. The van der Waals surface area contributed by atoms with E-state index in [4.69, 9.17) is 5.73 Å². The summed E-state index contributed by atoms with van der Waals surface area (Å²) in [6.45, 7) is 7.34. The molecule has 0 aromatic rings. The van der Waals surface area contributed by atoms with E-state index < -0.39 is 0 Å². The molecule has 0 bridgehead atoms. The van der Waals surface area contributed by atoms with Crippen LogP contribution in [0.3, 0.4) is 0 Å². The molecule has 1 heteroatoms. The van der Waals surface area contributed by atoms with Gasteiger partial charge in [-0.05, 0) is 30.9 Å². The van der Waals surface area contributed by atoms with E-state index in [2.05, 4.69) is 39.0 Å². The first-order chi connectivity index (χ1) is 5.72. The molecule has 12 heavy (non-hydrogen) atoms. The monoisotopic (exact) mass is 167 g/mol. The largest absolute Gasteiger partial charge is 0.330 e. The Kier molecular flexibility index (Phi) is 6.78. The number of rotatable bonds is 5. The van der Waals surface area contributed by atoms with Crippen molar-refractivity contribution in [1.29, 1.82) is 0 Å². The van der Waals surface area contributed by atoms with Crippen LogP contribution in [0.25, 0.3) is 0 Å². The highest BCUT2D eigenvalue weighted by molar-refractivity contribution is 5.20. The lowest BCUT2D eigenvalue weighted by Crippen LogP contribution is -1.96. The van der Waals surface area contributed by atoms with Crippen LogP contribution in [-0.4, -0.2) is 6.54 Å². The molecule has 0 aliphatic heterocycles. The maximum Gasteiger partial charge on any atom is -0.00425 e. The Morgan fingerprint density at radius 1 is 1.42 bits per heavy atom. The third kappa shape index (κ3) is 5.14. The van der Waals surface area contributed by atoms with Gasteiger partial charge in [-0.25, -0.2) is 0 Å². The molecule has 0 aliphatic carbocycles. The summed E-state index contributed by atoms with van der Waals surface area (Å²) in [5, 5.41) is 0. The SMILES string of the molecule is CC/C=C(/C=C/CCN)C(C)C. The van der Waals surface area contributed by atoms with Gasteiger partial charge in [0.2, 0.25) is 0 Å². The van der Waals surface area contributed by atoms with Crippen molar-refractivity contribution in [3.63, 3.8) is 0 Å². The topological polar surface area (TPSA) is 26.0 Å². The highest BCUT2D eigenvalue weighted by Crippen LogP contribution is 2.11. The van der Waals surface area contributed by atoms with Crippen molar-refractivity contribution < 1.29 is 0 Å². The number of allylic oxidation sites excluding steroid dienone is 3. The summed E-state index contributed by atoms with van der Waals surface area (Å²) in [6.07, 6.45) is 8.72. The van der Waals surface area contributed by atoms with Gasteiger partial charge < -0.3 is 5.73 Å². The second-order valence-electron chi connectivity index (χ2n) is 3.25. The molecule has 70 valence electrons. The molecule has 0 aliphatic rings. The molecule has 0 rings (SSSR count). The summed E-state index contributed by atoms with van der Waals surface area (Å²) in [6, 6.07) is 0. The van der Waals surface area contributed by atoms with E-state index in [0.717, 1.165) is 19.4 Å². The van der Waals surface area contributed by atoms with Crippen molar-refractivity contribution >= 4 is 0 Å². The molecule has 0 heterocycles. The van der Waals surface area contributed by atoms with Gasteiger partial charge >= 0.3 is 0 Å². The molecule has 0 spiro atoms. The van der Waals surface area contributed by atoms with E-state index >= 15 is 0 Å². The second kappa shape index (κ2) is 7.11. The molecule has 0 unspecified atom stereocenters. The summed E-state index contributed by atoms with van der Waals surface area (Å²) >= 11 is 0. The molecule has 0 aromatic carbocycles. The molecule has 0 saturated carbocycles. The van der Waals surface area contributed by atoms with Crippen LogP contribution in [0.4, 0.5) is 0 Å². The van der Waals surface area contributed by atoms with Crippen LogP contribution < -0.4 is 5.73 Å². The third-order valence-electron chi connectivity index (χ3n) is 1.75. The Labute approximate surface area is 76.3 Å². The highest BCUT2D eigenvalue weighted by Gasteiger charge is 1.96. The maximum atomic E-state index is 5.39. The molecule has 0 radical (unpaired) electrons. The van der Waals surface area contributed by atoms with Crippen LogP contribution in [0.1, 0.15) is 33.6 Å². The summed E-state index contributed by atoms with van der Waals surface area (Å²) < 4.78 is 0. The summed E-state index contributed by atoms with van der Waals surface area (Å²) in [4.78, 5) is 0. The fourth-order valence-corrected chi connectivity index (χ4v) is 1.05. The molecule has 0 saturated heterocycles. The molecule has 0 amide bonds. The third-order valence-corrected chi connectivity index (χ3v) is 1.75. The van der Waals surface area contributed by atoms with Gasteiger partial charge in [0, 0.05) is 0 Å². The first-order valence-electron chi connectivity index (χ1n) is 4.79. The lowest BCUT2D eigenvalue weighted by atomic mass is 10.0. The van der Waals surface area contributed by atoms with Crippen molar-refractivity contribution in [3.8, 4) is 0 Å². The van der Waals surface area contributed by atoms with E-state index in [-0.39, 0.29) is 0 Å². The zero-order valence-corrected chi connectivity index (χ0v) is 8.51. The van der Waals surface area contributed by atoms with Gasteiger partial charge in [0.25, 0.3) is 0 Å². The Morgan fingerprint density at radius 3 is 2.50 bits per heavy atom. The van der Waals surface area contributed by atoms with E-state index in [0.29, 0.717) is 5.92 Å². The Balaban J connectivity index is 4.04. The van der Waals surface area contributed by atoms with E-state index in [9.17, 15) is 0 Å². The van der Waals surface area contributed by atoms with Gasteiger partial charge in [0.05, 0.1) is 0 Å². The van der Waals surface area contributed by atoms with E-state index in [1.807, 2.05) is 0 Å². The van der Waals surface area contributed by atoms with Gasteiger partial charge in [0.15, 0.2) is 0 Å². The Bertz CT molecular complexity index is 154. The van der Waals surface area contributed by atoms with Gasteiger partial charge in [-0.15, -0.1) is 0 Å². The molecule has 0 fully saturated rings. The smallest absolute Gasteiger partial charge is 0.00425 e. The normalized spacial score (nSPS) is 13.2. The lowest BCUT2D eigenvalue weighted by molar-refractivity contribution is 0.783. The molecular formula is C11H21N. The predicted molar refractivity (Wildman–Crippen MR) is 56.0 cm³/mol. The van der Waals surface area contributed by atoms with E-state index in [1.54, 1.807) is 0 Å². The maximum absolute atomic E-state index is 5.39. The first kappa shape index (κ1) is 11.4. The van der Waals surface area contributed by atoms with Gasteiger partial charge in [-0.2, -0.15) is 0 Å². The molecule has 1 nitrogen and oxygen atoms in total. The number of hydrogen-bond acceptors (Lipinski definition) is 1. The quantitative estimate of drug-likeness (QED) is 0.626. The van der Waals surface area contributed by atoms with Gasteiger partial charge in [-0.1, -0.05) is 39.0 Å². The summed E-state index contributed by atoms with van der Waals surface area (Å²) in [5.41, 5.74) is 6.82. The van der Waals surface area contributed by atoms with Crippen molar-refractivity contribution in [2.45, 2.75) is 33.6 Å². The molecule has 2 N–H and O–H groups in total. The standard InChI is InChI=1S/C11H21N/c1-4-7-11(10(2)3)8-5-6-9-12/h5,7-8,10H,4,6,9,12H2,1-3H3/b8-5+,11-7-. The number of hydrogen-bond donors (Lipinski definition) is 1. The van der Waals surface area contributed by atoms with Gasteiger partial charge in [-0.3, -0.25) is 0 Å². The lowest BCUT2D eigenvalue weighted by Gasteiger charge is -2.05. The van der Waals surface area contributed by atoms with E-state index in [1.165, 1.54) is 5.57 Å². The average Bonchev–Trinajstić information content (AvgIpc) is 2.03. The van der Waals surface area contributed by atoms with Gasteiger partial charge in [0.1, 0.15) is 0 Å². The van der Waals surface area contributed by atoms with Crippen LogP contribution >= 0.6 is 0 Å². The molecule has 0 atom stereocenters. The van der Waals surface area contributed by atoms with Crippen molar-refractivity contribution in [2.24, 2.45) is 11.7 Å². The van der Waals surface area contributed by atoms with Crippen molar-refractivity contribution in [1.82, 2.24) is 0 Å². The highest BCUT2D eigenvalue weighted by atomic mass is 14.5. The minimum atomic E-state index is 0.624. The van der Waals surface area contributed by atoms with Crippen LogP contribution in [0.2, 0.25) is 0 Å². The average molecular weight is 167 g/mol. The zero-order valence-electron chi connectivity index (χ0n) is 8.51. The minimum absolute atomic E-state index is 0.624. The zero-order chi connectivity index (χ0) is 9.40. The Hall–Kier alpha value is -0.560. The van der Waals surface area contributed by atoms with Crippen LogP contribution in [0.15, 0.2) is 23.8 Å². The second-order valence-corrected chi connectivity index (χ2v) is 3.25. The Morgan fingerprint density at radius 2 is 2.08 bits per heavy atom. The molecule has 0 aromatic heterocycles. The minimum Gasteiger partial charge on any atom is -0.330 e. The fourth-order valence-electron chi connectivity index (χ4n) is 1.05. The number of nitrogens with two attached hydrogens (primary N) is 1. The molecular weight excluding hydrogens is 146 g/mol. The van der Waals surface area contributed by atoms with Crippen LogP contribution in [-0.2, 0) is 0 Å². The van der Waals surface area contributed by atoms with Crippen molar-refractivity contribution in [3.05, 3.63) is 23.8 Å². The van der Waals surface area contributed by atoms with Crippen LogP contribution in [0, 0.1) is 5.92 Å². The van der Waals surface area contributed by atoms with Crippen LogP contribution in [0.5, 0.6) is 0 Å². The predicted octanol–water partition coefficient (Wildman–Crippen LogP) is 2.88. The summed E-state index contributed by atoms with van der Waals surface area (Å²) in [7, 11) is 0.